The maximum atomic E-state index is 13.3. The quantitative estimate of drug-likeness (QED) is 0.192. The zero-order valence-electron chi connectivity index (χ0n) is 15.3. The fourth-order valence-electron chi connectivity index (χ4n) is 3.07. The van der Waals surface area contributed by atoms with Crippen molar-refractivity contribution in [3.05, 3.63) is 107 Å². The molecule has 8 heteroatoms. The molecule has 1 heterocycles. The first-order chi connectivity index (χ1) is 14.4. The van der Waals surface area contributed by atoms with Crippen LogP contribution in [-0.4, -0.2) is 14.5 Å². The lowest BCUT2D eigenvalue weighted by molar-refractivity contribution is -0.384. The summed E-state index contributed by atoms with van der Waals surface area (Å²) in [5.74, 6) is 0.369. The molecule has 0 spiro atoms. The van der Waals surface area contributed by atoms with E-state index in [-0.39, 0.29) is 11.2 Å². The first kappa shape index (κ1) is 20.2. The van der Waals surface area contributed by atoms with Gasteiger partial charge in [-0.1, -0.05) is 41.9 Å². The average Bonchev–Trinajstić information content (AvgIpc) is 2.74. The third-order valence-corrected chi connectivity index (χ3v) is 5.45. The van der Waals surface area contributed by atoms with Crippen LogP contribution in [0.15, 0.2) is 71.5 Å². The van der Waals surface area contributed by atoms with E-state index in [1.165, 1.54) is 16.7 Å². The molecule has 0 fully saturated rings. The number of benzene rings is 3. The van der Waals surface area contributed by atoms with Crippen LogP contribution in [0.4, 0.5) is 5.69 Å². The third kappa shape index (κ3) is 3.99. The molecule has 0 N–H and O–H groups in total. The summed E-state index contributed by atoms with van der Waals surface area (Å²) in [5.41, 5.74) is 1.43. The zero-order chi connectivity index (χ0) is 21.3. The normalized spacial score (nSPS) is 11.3. The Bertz CT molecular complexity index is 1380. The van der Waals surface area contributed by atoms with Crippen LogP contribution in [-0.2, 0) is 0 Å². The molecule has 0 radical (unpaired) electrons. The van der Waals surface area contributed by atoms with Crippen LogP contribution in [0.1, 0.15) is 11.4 Å². The number of nitrogens with zero attached hydrogens (tertiary/aromatic N) is 3. The van der Waals surface area contributed by atoms with Crippen LogP contribution in [0.3, 0.4) is 0 Å². The minimum Gasteiger partial charge on any atom is -0.268 e. The summed E-state index contributed by atoms with van der Waals surface area (Å²) >= 11 is 8.52. The second-order valence-corrected chi connectivity index (χ2v) is 8.06. The highest BCUT2D eigenvalue weighted by Gasteiger charge is 2.14. The van der Waals surface area contributed by atoms with Crippen molar-refractivity contribution in [1.82, 2.24) is 9.55 Å². The number of nitro groups is 1. The summed E-state index contributed by atoms with van der Waals surface area (Å²) in [4.78, 5) is 28.6. The highest BCUT2D eigenvalue weighted by Crippen LogP contribution is 2.23. The van der Waals surface area contributed by atoms with Crippen molar-refractivity contribution in [1.29, 1.82) is 0 Å². The summed E-state index contributed by atoms with van der Waals surface area (Å²) in [6.07, 6.45) is 3.34. The van der Waals surface area contributed by atoms with Gasteiger partial charge in [-0.25, -0.2) is 4.98 Å². The van der Waals surface area contributed by atoms with Gasteiger partial charge in [0.2, 0.25) is 0 Å². The van der Waals surface area contributed by atoms with Crippen molar-refractivity contribution in [2.75, 3.05) is 0 Å². The molecule has 0 atom stereocenters. The fraction of sp³-hybridized carbons (Fsp3) is 0. The molecule has 1 aromatic heterocycles. The van der Waals surface area contributed by atoms with Crippen molar-refractivity contribution in [3.63, 3.8) is 0 Å². The molecule has 4 rings (SSSR count). The highest BCUT2D eigenvalue weighted by molar-refractivity contribution is 14.1. The predicted molar refractivity (Wildman–Crippen MR) is 127 cm³/mol. The fourth-order valence-corrected chi connectivity index (χ4v) is 3.78. The number of rotatable bonds is 4. The minimum absolute atomic E-state index is 0.0123. The molecular formula is C22H13ClIN3O3. The molecule has 0 aliphatic carbocycles. The summed E-state index contributed by atoms with van der Waals surface area (Å²) in [5, 5.41) is 11.9. The number of hydrogen-bond acceptors (Lipinski definition) is 4. The molecule has 0 bridgehead atoms. The van der Waals surface area contributed by atoms with Gasteiger partial charge in [-0.3, -0.25) is 19.5 Å². The Kier molecular flexibility index (Phi) is 5.65. The molecular weight excluding hydrogens is 517 g/mol. The van der Waals surface area contributed by atoms with E-state index in [0.717, 1.165) is 3.57 Å². The lowest BCUT2D eigenvalue weighted by Crippen LogP contribution is -2.22. The Hall–Kier alpha value is -3.04. The Morgan fingerprint density at radius 1 is 1.03 bits per heavy atom. The van der Waals surface area contributed by atoms with Gasteiger partial charge in [-0.05, 0) is 64.6 Å². The van der Waals surface area contributed by atoms with Gasteiger partial charge in [0.25, 0.3) is 11.2 Å². The molecule has 0 aliphatic heterocycles. The lowest BCUT2D eigenvalue weighted by atomic mass is 10.2. The number of para-hydroxylation sites is 1. The van der Waals surface area contributed by atoms with Crippen LogP contribution in [0.5, 0.6) is 0 Å². The van der Waals surface area contributed by atoms with Crippen molar-refractivity contribution in [2.45, 2.75) is 0 Å². The molecule has 30 heavy (non-hydrogen) atoms. The third-order valence-electron chi connectivity index (χ3n) is 4.46. The average molecular weight is 530 g/mol. The number of fused-ring (bicyclic) bond motifs is 1. The number of non-ortho nitro benzene ring substituents is 1. The smallest absolute Gasteiger partial charge is 0.268 e. The minimum atomic E-state index is -0.451. The van der Waals surface area contributed by atoms with Gasteiger partial charge >= 0.3 is 0 Å². The second-order valence-electron chi connectivity index (χ2n) is 6.41. The Balaban J connectivity index is 1.94. The number of nitro benzene ring substituents is 1. The van der Waals surface area contributed by atoms with Crippen LogP contribution in [0.2, 0.25) is 5.02 Å². The number of halogens is 2. The van der Waals surface area contributed by atoms with E-state index >= 15 is 0 Å². The second kappa shape index (κ2) is 8.37. The van der Waals surface area contributed by atoms with Gasteiger partial charge in [0, 0.05) is 15.7 Å². The molecule has 0 unspecified atom stereocenters. The van der Waals surface area contributed by atoms with Gasteiger partial charge in [-0.2, -0.15) is 0 Å². The van der Waals surface area contributed by atoms with Crippen LogP contribution < -0.4 is 5.56 Å². The maximum absolute atomic E-state index is 13.3. The highest BCUT2D eigenvalue weighted by atomic mass is 127. The van der Waals surface area contributed by atoms with Crippen molar-refractivity contribution >= 4 is 62.9 Å². The zero-order valence-corrected chi connectivity index (χ0v) is 18.2. The molecule has 0 amide bonds. The molecule has 0 saturated carbocycles. The molecule has 6 nitrogen and oxygen atoms in total. The number of aromatic nitrogens is 2. The van der Waals surface area contributed by atoms with E-state index in [9.17, 15) is 14.9 Å². The number of hydrogen-bond donors (Lipinski definition) is 0. The summed E-state index contributed by atoms with van der Waals surface area (Å²) in [6.45, 7) is 0. The standard InChI is InChI=1S/C22H13ClIN3O3/c23-18-6-1-2-7-20(18)26-21(11-8-14-4-3-5-16(12-14)27(29)30)25-19-10-9-15(24)13-17(19)22(26)28/h1-13H. The Labute approximate surface area is 189 Å². The molecule has 3 aromatic carbocycles. The first-order valence-electron chi connectivity index (χ1n) is 8.84. The predicted octanol–water partition coefficient (Wildman–Crippen LogP) is 5.72. The van der Waals surface area contributed by atoms with Gasteiger partial charge < -0.3 is 0 Å². The molecule has 4 aromatic rings. The van der Waals surface area contributed by atoms with Crippen LogP contribution >= 0.6 is 34.2 Å². The monoisotopic (exact) mass is 529 g/mol. The Morgan fingerprint density at radius 3 is 2.60 bits per heavy atom. The van der Waals surface area contributed by atoms with E-state index in [1.54, 1.807) is 60.7 Å². The van der Waals surface area contributed by atoms with E-state index in [4.69, 9.17) is 11.6 Å². The summed E-state index contributed by atoms with van der Waals surface area (Å²) < 4.78 is 2.37. The SMILES string of the molecule is O=c1c2cc(I)ccc2nc(C=Cc2cccc([N+](=O)[O-])c2)n1-c1ccccc1Cl. The topological polar surface area (TPSA) is 78.0 Å². The van der Waals surface area contributed by atoms with E-state index in [2.05, 4.69) is 27.6 Å². The maximum Gasteiger partial charge on any atom is 0.270 e. The van der Waals surface area contributed by atoms with Gasteiger partial charge in [-0.15, -0.1) is 0 Å². The Morgan fingerprint density at radius 2 is 1.83 bits per heavy atom. The first-order valence-corrected chi connectivity index (χ1v) is 10.3. The summed E-state index contributed by atoms with van der Waals surface area (Å²) in [7, 11) is 0. The van der Waals surface area contributed by atoms with E-state index in [0.29, 0.717) is 33.0 Å². The van der Waals surface area contributed by atoms with Crippen molar-refractivity contribution in [3.8, 4) is 5.69 Å². The van der Waals surface area contributed by atoms with Crippen molar-refractivity contribution < 1.29 is 4.92 Å². The van der Waals surface area contributed by atoms with Gasteiger partial charge in [0.1, 0.15) is 5.82 Å². The largest absolute Gasteiger partial charge is 0.270 e. The lowest BCUT2D eigenvalue weighted by Gasteiger charge is -2.13. The van der Waals surface area contributed by atoms with Crippen LogP contribution in [0, 0.1) is 13.7 Å². The van der Waals surface area contributed by atoms with Crippen molar-refractivity contribution in [2.24, 2.45) is 0 Å². The molecule has 0 saturated heterocycles. The molecule has 148 valence electrons. The van der Waals surface area contributed by atoms with E-state index < -0.39 is 4.92 Å². The van der Waals surface area contributed by atoms with E-state index in [1.807, 2.05) is 6.07 Å². The van der Waals surface area contributed by atoms with Gasteiger partial charge in [0.15, 0.2) is 0 Å². The summed E-state index contributed by atoms with van der Waals surface area (Å²) in [6, 6.07) is 18.7. The van der Waals surface area contributed by atoms with Crippen LogP contribution in [0.25, 0.3) is 28.7 Å². The molecule has 0 aliphatic rings. The van der Waals surface area contributed by atoms with Gasteiger partial charge in [0.05, 0.1) is 26.5 Å².